The van der Waals surface area contributed by atoms with Gasteiger partial charge < -0.3 is 21.9 Å². The first-order valence-electron chi connectivity index (χ1n) is 3.18. The maximum Gasteiger partial charge on any atom is 0.190 e. The van der Waals surface area contributed by atoms with E-state index in [2.05, 4.69) is 6.58 Å². The van der Waals surface area contributed by atoms with Crippen molar-refractivity contribution in [2.75, 3.05) is 6.79 Å². The van der Waals surface area contributed by atoms with E-state index in [1.54, 1.807) is 12.2 Å². The second-order valence-corrected chi connectivity index (χ2v) is 2.70. The van der Waals surface area contributed by atoms with Crippen molar-refractivity contribution in [2.24, 2.45) is 0 Å². The van der Waals surface area contributed by atoms with Gasteiger partial charge in [0.25, 0.3) is 0 Å². The first kappa shape index (κ1) is 13.2. The van der Waals surface area contributed by atoms with Gasteiger partial charge in [0.1, 0.15) is 5.76 Å². The molecule has 0 aromatic carbocycles. The molecule has 1 saturated heterocycles. The molecular weight excluding hydrogens is 264 g/mol. The average Bonchev–Trinajstić information content (AvgIpc) is 2.36. The maximum absolute atomic E-state index is 5.79. The summed E-state index contributed by atoms with van der Waals surface area (Å²) in [6.07, 6.45) is 4.18. The summed E-state index contributed by atoms with van der Waals surface area (Å²) in [6.45, 7) is 4.00. The van der Waals surface area contributed by atoms with E-state index >= 15 is 0 Å². The van der Waals surface area contributed by atoms with Crippen LogP contribution in [0.2, 0.25) is 0 Å². The van der Waals surface area contributed by atoms with Crippen LogP contribution < -0.4 is 12.4 Å². The van der Waals surface area contributed by atoms with Crippen LogP contribution >= 0.6 is 11.6 Å². The molecule has 1 aliphatic heterocycles. The Labute approximate surface area is 101 Å². The van der Waals surface area contributed by atoms with E-state index in [9.17, 15) is 0 Å². The van der Waals surface area contributed by atoms with Crippen LogP contribution in [0, 0.1) is 6.10 Å². The summed E-state index contributed by atoms with van der Waals surface area (Å²) in [6, 6.07) is 0. The molecule has 0 unspecified atom stereocenters. The van der Waals surface area contributed by atoms with Gasteiger partial charge in [-0.1, -0.05) is 18.2 Å². The molecule has 0 spiro atoms. The Hall–Kier alpha value is 0.183. The van der Waals surface area contributed by atoms with Gasteiger partial charge in [0.2, 0.25) is 0 Å². The van der Waals surface area contributed by atoms with Gasteiger partial charge in [0, 0.05) is 24.5 Å². The minimum atomic E-state index is 0. The predicted molar refractivity (Wildman–Crippen MR) is 41.4 cm³/mol. The summed E-state index contributed by atoms with van der Waals surface area (Å²) in [5, 5.41) is 0.606. The molecule has 0 saturated carbocycles. The Kier molecular flexibility index (Phi) is 5.23. The second kappa shape index (κ2) is 5.16. The van der Waals surface area contributed by atoms with Crippen molar-refractivity contribution in [3.63, 3.8) is 0 Å². The fraction of sp³-hybridized carbons (Fsp3) is 0.125. The summed E-state index contributed by atoms with van der Waals surface area (Å²) >= 11 is 5.79. The monoisotopic (exact) mass is 268 g/mol. The average molecular weight is 270 g/mol. The third-order valence-corrected chi connectivity index (χ3v) is 1.89. The minimum absolute atomic E-state index is 0. The van der Waals surface area contributed by atoms with Crippen LogP contribution in [0.4, 0.5) is 0 Å². The number of hydrogen-bond donors (Lipinski definition) is 0. The van der Waals surface area contributed by atoms with Crippen LogP contribution in [-0.2, 0) is 29.0 Å². The summed E-state index contributed by atoms with van der Waals surface area (Å²) in [5.41, 5.74) is 0.760. The van der Waals surface area contributed by atoms with Crippen molar-refractivity contribution < 1.29 is 41.4 Å². The fourth-order valence-corrected chi connectivity index (χ4v) is 1.11. The van der Waals surface area contributed by atoms with E-state index in [4.69, 9.17) is 21.1 Å². The molecule has 0 atom stereocenters. The SMILES string of the molecule is C=C1C=C2OCO[C]2C=C1Cl.[Cl-].[Zn]. The zero-order valence-electron chi connectivity index (χ0n) is 6.85. The van der Waals surface area contributed by atoms with Crippen molar-refractivity contribution >= 4 is 11.6 Å². The summed E-state index contributed by atoms with van der Waals surface area (Å²) in [7, 11) is 0. The summed E-state index contributed by atoms with van der Waals surface area (Å²) in [4.78, 5) is 0. The van der Waals surface area contributed by atoms with Crippen LogP contribution in [0.5, 0.6) is 0 Å². The number of fused-ring (bicyclic) bond motifs is 1. The van der Waals surface area contributed by atoms with Gasteiger partial charge in [0.15, 0.2) is 12.9 Å². The van der Waals surface area contributed by atoms with Crippen molar-refractivity contribution in [1.82, 2.24) is 0 Å². The van der Waals surface area contributed by atoms with Gasteiger partial charge in [-0.2, -0.15) is 0 Å². The van der Waals surface area contributed by atoms with E-state index in [0.717, 1.165) is 11.3 Å². The van der Waals surface area contributed by atoms with Gasteiger partial charge in [-0.05, 0) is 17.7 Å². The van der Waals surface area contributed by atoms with Gasteiger partial charge in [0.05, 0.1) is 0 Å². The Bertz CT molecular complexity index is 273. The summed E-state index contributed by atoms with van der Waals surface area (Å²) in [5.74, 6) is 0.722. The minimum Gasteiger partial charge on any atom is -1.00 e. The van der Waals surface area contributed by atoms with E-state index in [1.807, 2.05) is 0 Å². The van der Waals surface area contributed by atoms with Crippen molar-refractivity contribution in [2.45, 2.75) is 0 Å². The van der Waals surface area contributed by atoms with Gasteiger partial charge in [-0.3, -0.25) is 0 Å². The molecule has 2 rings (SSSR count). The summed E-state index contributed by atoms with van der Waals surface area (Å²) < 4.78 is 10.2. The predicted octanol–water partition coefficient (Wildman–Crippen LogP) is -0.899. The first-order valence-corrected chi connectivity index (χ1v) is 3.56. The molecule has 1 aliphatic carbocycles. The van der Waals surface area contributed by atoms with E-state index in [1.165, 1.54) is 0 Å². The zero-order valence-corrected chi connectivity index (χ0v) is 11.3. The Morgan fingerprint density at radius 2 is 2.00 bits per heavy atom. The molecule has 0 N–H and O–H groups in total. The number of ether oxygens (including phenoxy) is 2. The maximum atomic E-state index is 5.79. The van der Waals surface area contributed by atoms with Crippen LogP contribution in [0.15, 0.2) is 35.1 Å². The third kappa shape index (κ3) is 2.57. The molecule has 2 nitrogen and oxygen atoms in total. The Balaban J connectivity index is 0.000000720. The van der Waals surface area contributed by atoms with Crippen LogP contribution in [-0.4, -0.2) is 6.79 Å². The van der Waals surface area contributed by atoms with Gasteiger partial charge >= 0.3 is 0 Å². The number of rotatable bonds is 0. The molecule has 2 aliphatic rings. The molecule has 67 valence electrons. The Morgan fingerprint density at radius 1 is 1.31 bits per heavy atom. The van der Waals surface area contributed by atoms with Crippen molar-refractivity contribution in [1.29, 1.82) is 0 Å². The molecule has 1 radical (unpaired) electrons. The molecule has 5 heteroatoms. The molecule has 0 aromatic rings. The first-order chi connectivity index (χ1) is 5.27. The van der Waals surface area contributed by atoms with E-state index in [0.29, 0.717) is 11.1 Å². The van der Waals surface area contributed by atoms with Crippen molar-refractivity contribution in [3.05, 3.63) is 41.2 Å². The zero-order chi connectivity index (χ0) is 7.84. The largest absolute Gasteiger partial charge is 1.00 e. The standard InChI is InChI=1S/C8H6ClO2.ClH.Zn/c1-5-2-7-8(3-6(5)9)11-4-10-7;;/h2-3H,1,4H2;1H;/p-1. The molecule has 1 heterocycles. The Morgan fingerprint density at radius 3 is 2.69 bits per heavy atom. The second-order valence-electron chi connectivity index (χ2n) is 2.30. The van der Waals surface area contributed by atoms with Crippen molar-refractivity contribution in [3.8, 4) is 0 Å². The number of halogens is 2. The number of allylic oxidation sites excluding steroid dienone is 3. The van der Waals surface area contributed by atoms with Crippen LogP contribution in [0.25, 0.3) is 0 Å². The molecule has 0 bridgehead atoms. The van der Waals surface area contributed by atoms with Crippen LogP contribution in [0.3, 0.4) is 0 Å². The molecular formula is C8H6Cl2O2Zn-. The molecule has 13 heavy (non-hydrogen) atoms. The topological polar surface area (TPSA) is 18.5 Å². The van der Waals surface area contributed by atoms with Gasteiger partial charge in [-0.25, -0.2) is 0 Å². The molecule has 0 amide bonds. The number of hydrogen-bond acceptors (Lipinski definition) is 2. The van der Waals surface area contributed by atoms with E-state index in [-0.39, 0.29) is 38.7 Å². The smallest absolute Gasteiger partial charge is 0.190 e. The molecule has 0 aromatic heterocycles. The molecule has 1 fully saturated rings. The third-order valence-electron chi connectivity index (χ3n) is 1.54. The normalized spacial score (nSPS) is 20.2. The van der Waals surface area contributed by atoms with E-state index < -0.39 is 0 Å². The van der Waals surface area contributed by atoms with Crippen LogP contribution in [0.1, 0.15) is 0 Å². The van der Waals surface area contributed by atoms with Gasteiger partial charge in [-0.15, -0.1) is 0 Å². The quantitative estimate of drug-likeness (QED) is 0.531. The fourth-order valence-electron chi connectivity index (χ4n) is 0.959.